The van der Waals surface area contributed by atoms with E-state index < -0.39 is 12.1 Å². The van der Waals surface area contributed by atoms with Gasteiger partial charge in [0.2, 0.25) is 6.79 Å². The summed E-state index contributed by atoms with van der Waals surface area (Å²) in [4.78, 5) is 24.5. The lowest BCUT2D eigenvalue weighted by atomic mass is 10.1. The fourth-order valence-corrected chi connectivity index (χ4v) is 3.16. The summed E-state index contributed by atoms with van der Waals surface area (Å²) in [5.74, 6) is 0.478. The van der Waals surface area contributed by atoms with Crippen molar-refractivity contribution in [1.29, 1.82) is 0 Å². The first-order valence-electron chi connectivity index (χ1n) is 9.32. The molecule has 0 aliphatic carbocycles. The first-order chi connectivity index (χ1) is 14.0. The van der Waals surface area contributed by atoms with E-state index in [2.05, 4.69) is 5.32 Å². The molecule has 7 heteroatoms. The minimum Gasteiger partial charge on any atom is -0.464 e. The number of nitrogens with one attached hydrogen (secondary N) is 1. The molecule has 0 saturated carbocycles. The molecule has 0 fully saturated rings. The Kier molecular flexibility index (Phi) is 5.12. The van der Waals surface area contributed by atoms with Crippen molar-refractivity contribution < 1.29 is 28.2 Å². The van der Waals surface area contributed by atoms with Crippen LogP contribution in [0.5, 0.6) is 11.5 Å². The van der Waals surface area contributed by atoms with Gasteiger partial charge in [0.05, 0.1) is 12.7 Å². The number of rotatable bonds is 6. The van der Waals surface area contributed by atoms with Crippen LogP contribution in [0.4, 0.5) is 0 Å². The third kappa shape index (κ3) is 4.18. The molecule has 4 rings (SSSR count). The number of carbonyl (C=O) groups excluding carboxylic acids is 2. The first-order valence-corrected chi connectivity index (χ1v) is 9.32. The second-order valence-electron chi connectivity index (χ2n) is 6.97. The highest BCUT2D eigenvalue weighted by Crippen LogP contribution is 2.32. The zero-order valence-electron chi connectivity index (χ0n) is 16.2. The summed E-state index contributed by atoms with van der Waals surface area (Å²) in [5, 5.41) is 3.63. The van der Waals surface area contributed by atoms with E-state index in [1.54, 1.807) is 19.3 Å². The second-order valence-corrected chi connectivity index (χ2v) is 6.97. The molecule has 0 bridgehead atoms. The maximum atomic E-state index is 12.3. The van der Waals surface area contributed by atoms with Crippen LogP contribution in [0.1, 0.15) is 23.6 Å². The summed E-state index contributed by atoms with van der Waals surface area (Å²) in [5.41, 5.74) is 3.40. The predicted octanol–water partition coefficient (Wildman–Crippen LogP) is 3.26. The smallest absolute Gasteiger partial charge is 0.311 e. The van der Waals surface area contributed by atoms with Crippen molar-refractivity contribution in [2.24, 2.45) is 0 Å². The van der Waals surface area contributed by atoms with E-state index >= 15 is 0 Å². The molecule has 1 aromatic heterocycles. The van der Waals surface area contributed by atoms with Crippen LogP contribution in [-0.2, 0) is 27.3 Å². The van der Waals surface area contributed by atoms with Gasteiger partial charge in [0.15, 0.2) is 17.6 Å². The van der Waals surface area contributed by atoms with Crippen LogP contribution < -0.4 is 14.8 Å². The summed E-state index contributed by atoms with van der Waals surface area (Å²) >= 11 is 0. The van der Waals surface area contributed by atoms with Crippen molar-refractivity contribution >= 4 is 22.8 Å². The van der Waals surface area contributed by atoms with E-state index in [1.165, 1.54) is 0 Å². The molecule has 1 atom stereocenters. The lowest BCUT2D eigenvalue weighted by Gasteiger charge is -2.13. The first kappa shape index (κ1) is 18.9. The van der Waals surface area contributed by atoms with Gasteiger partial charge in [-0.1, -0.05) is 18.2 Å². The summed E-state index contributed by atoms with van der Waals surface area (Å²) in [6, 6.07) is 11.2. The Labute approximate surface area is 167 Å². The van der Waals surface area contributed by atoms with Gasteiger partial charge in [0.25, 0.3) is 5.91 Å². The number of furan rings is 1. The third-order valence-electron chi connectivity index (χ3n) is 4.73. The summed E-state index contributed by atoms with van der Waals surface area (Å²) in [6.07, 6.45) is 0.683. The Hall–Kier alpha value is -3.48. The van der Waals surface area contributed by atoms with Crippen molar-refractivity contribution in [1.82, 2.24) is 5.32 Å². The normalized spacial score (nSPS) is 13.3. The maximum absolute atomic E-state index is 12.3. The summed E-state index contributed by atoms with van der Waals surface area (Å²) in [6.45, 7) is 4.01. The Balaban J connectivity index is 1.30. The van der Waals surface area contributed by atoms with E-state index in [-0.39, 0.29) is 19.1 Å². The second kappa shape index (κ2) is 7.87. The number of carbonyl (C=O) groups is 2. The quantitative estimate of drug-likeness (QED) is 0.645. The van der Waals surface area contributed by atoms with Crippen LogP contribution >= 0.6 is 0 Å². The number of amides is 1. The van der Waals surface area contributed by atoms with Crippen molar-refractivity contribution in [2.45, 2.75) is 32.9 Å². The Morgan fingerprint density at radius 3 is 2.83 bits per heavy atom. The average Bonchev–Trinajstić information content (AvgIpc) is 3.32. The topological polar surface area (TPSA) is 87.0 Å². The number of ether oxygens (including phenoxy) is 3. The Morgan fingerprint density at radius 2 is 1.97 bits per heavy atom. The van der Waals surface area contributed by atoms with Crippen LogP contribution in [-0.4, -0.2) is 24.8 Å². The van der Waals surface area contributed by atoms with Gasteiger partial charge in [-0.05, 0) is 43.2 Å². The van der Waals surface area contributed by atoms with Crippen molar-refractivity contribution in [3.05, 3.63) is 59.4 Å². The molecular formula is C22H21NO6. The number of fused-ring (bicyclic) bond motifs is 2. The standard InChI is InChI=1S/C22H21NO6/c1-13-3-5-17-16(11-26-19(17)7-13)9-21(24)29-14(2)22(25)23-10-15-4-6-18-20(8-15)28-12-27-18/h3-8,11,14H,9-10,12H2,1-2H3,(H,23,25)/t14-/m1/s1. The van der Waals surface area contributed by atoms with Gasteiger partial charge in [0, 0.05) is 17.5 Å². The van der Waals surface area contributed by atoms with Crippen LogP contribution in [0.3, 0.4) is 0 Å². The van der Waals surface area contributed by atoms with Crippen molar-refractivity contribution in [2.75, 3.05) is 6.79 Å². The minimum absolute atomic E-state index is 0.0375. The molecule has 0 saturated heterocycles. The predicted molar refractivity (Wildman–Crippen MR) is 105 cm³/mol. The molecule has 0 unspecified atom stereocenters. The minimum atomic E-state index is -0.906. The molecule has 0 radical (unpaired) electrons. The maximum Gasteiger partial charge on any atom is 0.311 e. The molecular weight excluding hydrogens is 374 g/mol. The fraction of sp³-hybridized carbons (Fsp3) is 0.273. The SMILES string of the molecule is Cc1ccc2c(CC(=O)O[C@H](C)C(=O)NCc3ccc4c(c3)OCO4)coc2c1. The number of hydrogen-bond acceptors (Lipinski definition) is 6. The molecule has 1 aliphatic heterocycles. The average molecular weight is 395 g/mol. The third-order valence-corrected chi connectivity index (χ3v) is 4.73. The van der Waals surface area contributed by atoms with E-state index in [9.17, 15) is 9.59 Å². The molecule has 2 aromatic carbocycles. The monoisotopic (exact) mass is 395 g/mol. The lowest BCUT2D eigenvalue weighted by molar-refractivity contribution is -0.154. The van der Waals surface area contributed by atoms with Crippen LogP contribution in [0.25, 0.3) is 11.0 Å². The molecule has 3 aromatic rings. The Morgan fingerprint density at radius 1 is 1.14 bits per heavy atom. The molecule has 1 amide bonds. The number of aryl methyl sites for hydroxylation is 1. The van der Waals surface area contributed by atoms with Gasteiger partial charge in [0.1, 0.15) is 5.58 Å². The van der Waals surface area contributed by atoms with Crippen LogP contribution in [0.2, 0.25) is 0 Å². The van der Waals surface area contributed by atoms with Gasteiger partial charge in [-0.2, -0.15) is 0 Å². The van der Waals surface area contributed by atoms with Crippen molar-refractivity contribution in [3.63, 3.8) is 0 Å². The highest BCUT2D eigenvalue weighted by molar-refractivity contribution is 5.88. The molecule has 150 valence electrons. The van der Waals surface area contributed by atoms with Gasteiger partial charge in [-0.15, -0.1) is 0 Å². The zero-order chi connectivity index (χ0) is 20.4. The molecule has 29 heavy (non-hydrogen) atoms. The van der Waals surface area contributed by atoms with Crippen molar-refractivity contribution in [3.8, 4) is 11.5 Å². The van der Waals surface area contributed by atoms with E-state index in [1.807, 2.05) is 37.3 Å². The van der Waals surface area contributed by atoms with E-state index in [0.29, 0.717) is 18.0 Å². The number of hydrogen-bond donors (Lipinski definition) is 1. The molecule has 0 spiro atoms. The Bertz CT molecular complexity index is 1070. The zero-order valence-corrected chi connectivity index (χ0v) is 16.2. The van der Waals surface area contributed by atoms with Crippen LogP contribution in [0.15, 0.2) is 47.1 Å². The fourth-order valence-electron chi connectivity index (χ4n) is 3.16. The van der Waals surface area contributed by atoms with E-state index in [0.717, 1.165) is 27.7 Å². The largest absolute Gasteiger partial charge is 0.464 e. The summed E-state index contributed by atoms with van der Waals surface area (Å²) in [7, 11) is 0. The van der Waals surface area contributed by atoms with Gasteiger partial charge < -0.3 is 23.9 Å². The molecule has 1 N–H and O–H groups in total. The number of benzene rings is 2. The number of esters is 1. The van der Waals surface area contributed by atoms with Crippen LogP contribution in [0, 0.1) is 6.92 Å². The van der Waals surface area contributed by atoms with Gasteiger partial charge in [-0.3, -0.25) is 9.59 Å². The van der Waals surface area contributed by atoms with E-state index in [4.69, 9.17) is 18.6 Å². The molecule has 1 aliphatic rings. The van der Waals surface area contributed by atoms with Gasteiger partial charge in [-0.25, -0.2) is 0 Å². The molecule has 7 nitrogen and oxygen atoms in total. The van der Waals surface area contributed by atoms with Gasteiger partial charge >= 0.3 is 5.97 Å². The lowest BCUT2D eigenvalue weighted by Crippen LogP contribution is -2.35. The molecule has 2 heterocycles. The highest BCUT2D eigenvalue weighted by Gasteiger charge is 2.20. The highest BCUT2D eigenvalue weighted by atomic mass is 16.7. The summed E-state index contributed by atoms with van der Waals surface area (Å²) < 4.78 is 21.4.